The number of hydrogen-bond acceptors (Lipinski definition) is 2. The molecule has 1 aromatic carbocycles. The molecule has 0 saturated carbocycles. The first kappa shape index (κ1) is 12.8. The highest BCUT2D eigenvalue weighted by Gasteiger charge is 2.22. The summed E-state index contributed by atoms with van der Waals surface area (Å²) in [5.41, 5.74) is -0.0706. The maximum absolute atomic E-state index is 13.4. The number of hydrogen-bond donors (Lipinski definition) is 1. The summed E-state index contributed by atoms with van der Waals surface area (Å²) in [6, 6.07) is 3.81. The maximum atomic E-state index is 13.4. The lowest BCUT2D eigenvalue weighted by atomic mass is 10.0. The predicted octanol–water partition coefficient (Wildman–Crippen LogP) is 2.39. The number of likely N-dealkylation sites (tertiary alicyclic amines) is 1. The van der Waals surface area contributed by atoms with Crippen molar-refractivity contribution in [2.24, 2.45) is 0 Å². The van der Waals surface area contributed by atoms with Gasteiger partial charge in [-0.3, -0.25) is 4.79 Å². The van der Waals surface area contributed by atoms with Crippen LogP contribution in [-0.2, 0) is 4.79 Å². The number of anilines is 1. The number of para-hydroxylation sites is 1. The second kappa shape index (κ2) is 5.33. The number of amides is 1. The van der Waals surface area contributed by atoms with Gasteiger partial charge in [0.25, 0.3) is 0 Å². The molecule has 1 aliphatic rings. The lowest BCUT2D eigenvalue weighted by Gasteiger charge is -2.32. The monoisotopic (exact) mass is 254 g/mol. The van der Waals surface area contributed by atoms with E-state index in [2.05, 4.69) is 5.32 Å². The van der Waals surface area contributed by atoms with E-state index >= 15 is 0 Å². The molecule has 0 atom stereocenters. The average molecular weight is 254 g/mol. The largest absolute Gasteiger partial charge is 0.377 e. The van der Waals surface area contributed by atoms with Gasteiger partial charge in [0.2, 0.25) is 5.91 Å². The van der Waals surface area contributed by atoms with Crippen LogP contribution in [0, 0.1) is 11.6 Å². The zero-order valence-corrected chi connectivity index (χ0v) is 10.2. The van der Waals surface area contributed by atoms with Crippen molar-refractivity contribution in [3.05, 3.63) is 29.8 Å². The summed E-state index contributed by atoms with van der Waals surface area (Å²) in [4.78, 5) is 12.9. The molecular formula is C13H16F2N2O. The number of piperidine rings is 1. The molecule has 1 aromatic rings. The smallest absolute Gasteiger partial charge is 0.219 e. The number of carbonyl (C=O) groups excluding carboxylic acids is 1. The van der Waals surface area contributed by atoms with Crippen molar-refractivity contribution < 1.29 is 13.6 Å². The highest BCUT2D eigenvalue weighted by atomic mass is 19.1. The molecule has 2 rings (SSSR count). The molecule has 1 amide bonds. The van der Waals surface area contributed by atoms with Crippen molar-refractivity contribution in [1.29, 1.82) is 0 Å². The fraction of sp³-hybridized carbons (Fsp3) is 0.462. The summed E-state index contributed by atoms with van der Waals surface area (Å²) in [7, 11) is 0. The third-order valence-electron chi connectivity index (χ3n) is 3.25. The second-order valence-corrected chi connectivity index (χ2v) is 4.52. The van der Waals surface area contributed by atoms with Crippen LogP contribution < -0.4 is 5.32 Å². The standard InChI is InChI=1S/C13H16F2N2O/c1-9(18)17-7-5-10(6-8-17)16-13-11(14)3-2-4-12(13)15/h2-4,10,16H,5-8H2,1H3. The van der Waals surface area contributed by atoms with Gasteiger partial charge >= 0.3 is 0 Å². The Balaban J connectivity index is 1.98. The van der Waals surface area contributed by atoms with Gasteiger partial charge in [-0.1, -0.05) is 6.07 Å². The van der Waals surface area contributed by atoms with Crippen LogP contribution in [0.3, 0.4) is 0 Å². The minimum Gasteiger partial charge on any atom is -0.377 e. The van der Waals surface area contributed by atoms with Gasteiger partial charge < -0.3 is 10.2 Å². The molecule has 0 spiro atoms. The Morgan fingerprint density at radius 2 is 1.83 bits per heavy atom. The maximum Gasteiger partial charge on any atom is 0.219 e. The minimum absolute atomic E-state index is 0.00648. The van der Waals surface area contributed by atoms with E-state index in [4.69, 9.17) is 0 Å². The van der Waals surface area contributed by atoms with Crippen molar-refractivity contribution in [1.82, 2.24) is 4.90 Å². The molecule has 0 unspecified atom stereocenters. The Kier molecular flexibility index (Phi) is 3.79. The molecule has 1 N–H and O–H groups in total. The molecule has 0 bridgehead atoms. The van der Waals surface area contributed by atoms with Crippen LogP contribution in [-0.4, -0.2) is 29.9 Å². The number of nitrogens with zero attached hydrogens (tertiary/aromatic N) is 1. The van der Waals surface area contributed by atoms with E-state index in [1.807, 2.05) is 0 Å². The third kappa shape index (κ3) is 2.78. The highest BCUT2D eigenvalue weighted by molar-refractivity contribution is 5.73. The molecular weight excluding hydrogens is 238 g/mol. The minimum atomic E-state index is -0.580. The highest BCUT2D eigenvalue weighted by Crippen LogP contribution is 2.22. The van der Waals surface area contributed by atoms with E-state index in [-0.39, 0.29) is 17.6 Å². The van der Waals surface area contributed by atoms with E-state index in [1.165, 1.54) is 25.1 Å². The van der Waals surface area contributed by atoms with Crippen molar-refractivity contribution >= 4 is 11.6 Å². The van der Waals surface area contributed by atoms with Crippen LogP contribution >= 0.6 is 0 Å². The Labute approximate surface area is 105 Å². The van der Waals surface area contributed by atoms with E-state index in [1.54, 1.807) is 4.90 Å². The first-order valence-corrected chi connectivity index (χ1v) is 6.04. The van der Waals surface area contributed by atoms with Crippen molar-refractivity contribution in [3.63, 3.8) is 0 Å². The summed E-state index contributed by atoms with van der Waals surface area (Å²) >= 11 is 0. The number of halogens is 2. The number of rotatable bonds is 2. The topological polar surface area (TPSA) is 32.3 Å². The predicted molar refractivity (Wildman–Crippen MR) is 65.3 cm³/mol. The Morgan fingerprint density at radius 1 is 1.28 bits per heavy atom. The number of benzene rings is 1. The Bertz CT molecular complexity index is 422. The first-order valence-electron chi connectivity index (χ1n) is 6.04. The lowest BCUT2D eigenvalue weighted by molar-refractivity contribution is -0.129. The summed E-state index contributed by atoms with van der Waals surface area (Å²) in [6.07, 6.45) is 1.40. The van der Waals surface area contributed by atoms with Gasteiger partial charge in [-0.15, -0.1) is 0 Å². The fourth-order valence-corrected chi connectivity index (χ4v) is 2.18. The molecule has 1 saturated heterocycles. The summed E-state index contributed by atoms with van der Waals surface area (Å²) < 4.78 is 26.9. The van der Waals surface area contributed by atoms with Crippen LogP contribution in [0.1, 0.15) is 19.8 Å². The summed E-state index contributed by atoms with van der Waals surface area (Å²) in [5.74, 6) is -1.11. The van der Waals surface area contributed by atoms with Crippen LogP contribution in [0.2, 0.25) is 0 Å². The zero-order chi connectivity index (χ0) is 13.1. The number of nitrogens with one attached hydrogen (secondary N) is 1. The molecule has 0 aromatic heterocycles. The second-order valence-electron chi connectivity index (χ2n) is 4.52. The van der Waals surface area contributed by atoms with Gasteiger partial charge in [-0.25, -0.2) is 8.78 Å². The molecule has 1 heterocycles. The molecule has 5 heteroatoms. The van der Waals surface area contributed by atoms with Crippen LogP contribution in [0.25, 0.3) is 0 Å². The molecule has 1 fully saturated rings. The van der Waals surface area contributed by atoms with E-state index in [9.17, 15) is 13.6 Å². The van der Waals surface area contributed by atoms with Gasteiger partial charge in [0.15, 0.2) is 0 Å². The first-order chi connectivity index (χ1) is 8.58. The van der Waals surface area contributed by atoms with Gasteiger partial charge in [0, 0.05) is 26.1 Å². The quantitative estimate of drug-likeness (QED) is 0.879. The molecule has 18 heavy (non-hydrogen) atoms. The van der Waals surface area contributed by atoms with Crippen LogP contribution in [0.5, 0.6) is 0 Å². The van der Waals surface area contributed by atoms with Crippen molar-refractivity contribution in [2.75, 3.05) is 18.4 Å². The molecule has 0 radical (unpaired) electrons. The molecule has 3 nitrogen and oxygen atoms in total. The summed E-state index contributed by atoms with van der Waals surface area (Å²) in [6.45, 7) is 2.79. The van der Waals surface area contributed by atoms with Gasteiger partial charge in [-0.2, -0.15) is 0 Å². The lowest BCUT2D eigenvalue weighted by Crippen LogP contribution is -2.41. The average Bonchev–Trinajstić information content (AvgIpc) is 2.34. The molecule has 98 valence electrons. The third-order valence-corrected chi connectivity index (χ3v) is 3.25. The van der Waals surface area contributed by atoms with E-state index in [0.29, 0.717) is 25.9 Å². The van der Waals surface area contributed by atoms with Gasteiger partial charge in [-0.05, 0) is 25.0 Å². The SMILES string of the molecule is CC(=O)N1CCC(Nc2c(F)cccc2F)CC1. The van der Waals surface area contributed by atoms with Crippen LogP contribution in [0.4, 0.5) is 14.5 Å². The molecule has 1 aliphatic heterocycles. The molecule has 0 aliphatic carbocycles. The Hall–Kier alpha value is -1.65. The normalized spacial score (nSPS) is 16.7. The Morgan fingerprint density at radius 3 is 2.33 bits per heavy atom. The van der Waals surface area contributed by atoms with Gasteiger partial charge in [0.1, 0.15) is 17.3 Å². The van der Waals surface area contributed by atoms with Crippen molar-refractivity contribution in [2.45, 2.75) is 25.8 Å². The number of carbonyl (C=O) groups is 1. The van der Waals surface area contributed by atoms with Crippen molar-refractivity contribution in [3.8, 4) is 0 Å². The van der Waals surface area contributed by atoms with E-state index < -0.39 is 11.6 Å². The zero-order valence-electron chi connectivity index (χ0n) is 10.2. The fourth-order valence-electron chi connectivity index (χ4n) is 2.18. The van der Waals surface area contributed by atoms with Crippen LogP contribution in [0.15, 0.2) is 18.2 Å². The van der Waals surface area contributed by atoms with Gasteiger partial charge in [0.05, 0.1) is 0 Å². The van der Waals surface area contributed by atoms with E-state index in [0.717, 1.165) is 0 Å². The summed E-state index contributed by atoms with van der Waals surface area (Å²) in [5, 5.41) is 2.89.